The number of anilines is 1. The predicted molar refractivity (Wildman–Crippen MR) is 86.4 cm³/mol. The van der Waals surface area contributed by atoms with Crippen molar-refractivity contribution in [1.82, 2.24) is 10.5 Å². The molecule has 0 atom stereocenters. The van der Waals surface area contributed by atoms with E-state index in [4.69, 9.17) is 14.0 Å². The van der Waals surface area contributed by atoms with Crippen molar-refractivity contribution in [3.05, 3.63) is 35.6 Å². The van der Waals surface area contributed by atoms with Crippen molar-refractivity contribution in [3.63, 3.8) is 0 Å². The first-order valence-electron chi connectivity index (χ1n) is 7.26. The Labute approximate surface area is 139 Å². The number of nitrogens with zero attached hydrogens (tertiary/aromatic N) is 1. The van der Waals surface area contributed by atoms with Crippen molar-refractivity contribution in [2.24, 2.45) is 0 Å². The molecular formula is C16H19N3O5. The SMILES string of the molecule is COc1cc(OC)cc(C(=O)NCCC(=O)Nc2cc(C)on2)c1. The summed E-state index contributed by atoms with van der Waals surface area (Å²) in [6.45, 7) is 1.91. The number of amides is 2. The maximum Gasteiger partial charge on any atom is 0.251 e. The molecular weight excluding hydrogens is 314 g/mol. The number of methoxy groups -OCH3 is 2. The van der Waals surface area contributed by atoms with Crippen LogP contribution in [0.5, 0.6) is 11.5 Å². The second-order valence-corrected chi connectivity index (χ2v) is 4.98. The molecule has 0 spiro atoms. The third-order valence-corrected chi connectivity index (χ3v) is 3.15. The van der Waals surface area contributed by atoms with Gasteiger partial charge in [0.25, 0.3) is 5.91 Å². The van der Waals surface area contributed by atoms with Gasteiger partial charge in [-0.25, -0.2) is 0 Å². The van der Waals surface area contributed by atoms with Gasteiger partial charge in [-0.1, -0.05) is 5.16 Å². The van der Waals surface area contributed by atoms with Crippen LogP contribution in [0.3, 0.4) is 0 Å². The van der Waals surface area contributed by atoms with E-state index < -0.39 is 0 Å². The average molecular weight is 333 g/mol. The van der Waals surface area contributed by atoms with Crippen molar-refractivity contribution in [1.29, 1.82) is 0 Å². The molecule has 0 aliphatic carbocycles. The molecule has 128 valence electrons. The topological polar surface area (TPSA) is 103 Å². The van der Waals surface area contributed by atoms with Crippen LogP contribution in [-0.4, -0.2) is 37.7 Å². The molecule has 0 fully saturated rings. The van der Waals surface area contributed by atoms with E-state index in [1.54, 1.807) is 31.2 Å². The Morgan fingerprint density at radius 3 is 2.33 bits per heavy atom. The van der Waals surface area contributed by atoms with Gasteiger partial charge in [0, 0.05) is 30.7 Å². The summed E-state index contributed by atoms with van der Waals surface area (Å²) in [6.07, 6.45) is 0.110. The molecule has 0 saturated heterocycles. The fourth-order valence-electron chi connectivity index (χ4n) is 1.96. The number of benzene rings is 1. The van der Waals surface area contributed by atoms with Crippen LogP contribution in [0, 0.1) is 6.92 Å². The van der Waals surface area contributed by atoms with Gasteiger partial charge in [-0.3, -0.25) is 9.59 Å². The minimum Gasteiger partial charge on any atom is -0.497 e. The summed E-state index contributed by atoms with van der Waals surface area (Å²) in [6, 6.07) is 6.47. The van der Waals surface area contributed by atoms with Crippen LogP contribution in [0.4, 0.5) is 5.82 Å². The summed E-state index contributed by atoms with van der Waals surface area (Å²) in [7, 11) is 3.01. The molecule has 0 aliphatic heterocycles. The molecule has 1 aromatic heterocycles. The summed E-state index contributed by atoms with van der Waals surface area (Å²) in [4.78, 5) is 23.9. The Morgan fingerprint density at radius 1 is 1.12 bits per heavy atom. The first-order chi connectivity index (χ1) is 11.5. The zero-order valence-electron chi connectivity index (χ0n) is 13.7. The molecule has 1 heterocycles. The molecule has 0 unspecified atom stereocenters. The lowest BCUT2D eigenvalue weighted by atomic mass is 10.2. The predicted octanol–water partition coefficient (Wildman–Crippen LogP) is 1.76. The van der Waals surface area contributed by atoms with Gasteiger partial charge in [0.1, 0.15) is 17.3 Å². The highest BCUT2D eigenvalue weighted by atomic mass is 16.5. The number of ether oxygens (including phenoxy) is 2. The summed E-state index contributed by atoms with van der Waals surface area (Å²) < 4.78 is 15.1. The number of nitrogens with one attached hydrogen (secondary N) is 2. The Balaban J connectivity index is 1.85. The van der Waals surface area contributed by atoms with E-state index in [9.17, 15) is 9.59 Å². The third kappa shape index (κ3) is 4.73. The Hall–Kier alpha value is -3.03. The van der Waals surface area contributed by atoms with Crippen molar-refractivity contribution in [2.45, 2.75) is 13.3 Å². The zero-order valence-corrected chi connectivity index (χ0v) is 13.7. The molecule has 2 N–H and O–H groups in total. The summed E-state index contributed by atoms with van der Waals surface area (Å²) in [5.41, 5.74) is 0.388. The lowest BCUT2D eigenvalue weighted by molar-refractivity contribution is -0.116. The van der Waals surface area contributed by atoms with Crippen molar-refractivity contribution >= 4 is 17.6 Å². The number of hydrogen-bond acceptors (Lipinski definition) is 6. The molecule has 0 saturated carbocycles. The normalized spacial score (nSPS) is 10.1. The highest BCUT2D eigenvalue weighted by Crippen LogP contribution is 2.22. The largest absolute Gasteiger partial charge is 0.497 e. The van der Waals surface area contributed by atoms with Crippen LogP contribution in [0.25, 0.3) is 0 Å². The van der Waals surface area contributed by atoms with E-state index in [0.29, 0.717) is 28.6 Å². The molecule has 2 amide bonds. The number of carbonyl (C=O) groups is 2. The first kappa shape index (κ1) is 17.3. The summed E-state index contributed by atoms with van der Waals surface area (Å²) >= 11 is 0. The fraction of sp³-hybridized carbons (Fsp3) is 0.312. The fourth-order valence-corrected chi connectivity index (χ4v) is 1.96. The third-order valence-electron chi connectivity index (χ3n) is 3.15. The van der Waals surface area contributed by atoms with Crippen LogP contribution >= 0.6 is 0 Å². The molecule has 8 nitrogen and oxygen atoms in total. The number of rotatable bonds is 7. The standard InChI is InChI=1S/C16H19N3O5/c1-10-6-14(19-24-10)18-15(20)4-5-17-16(21)11-7-12(22-2)9-13(8-11)23-3/h6-9H,4-5H2,1-3H3,(H,17,21)(H,18,19,20). The summed E-state index contributed by atoms with van der Waals surface area (Å²) in [5, 5.41) is 8.91. The molecule has 0 radical (unpaired) electrons. The van der Waals surface area contributed by atoms with Crippen LogP contribution in [-0.2, 0) is 4.79 Å². The number of hydrogen-bond donors (Lipinski definition) is 2. The molecule has 2 rings (SSSR count). The Morgan fingerprint density at radius 2 is 1.79 bits per heavy atom. The summed E-state index contributed by atoms with van der Waals surface area (Å²) in [5.74, 6) is 1.38. The van der Waals surface area contributed by atoms with Crippen molar-refractivity contribution in [3.8, 4) is 11.5 Å². The molecule has 0 bridgehead atoms. The van der Waals surface area contributed by atoms with E-state index in [1.165, 1.54) is 14.2 Å². The van der Waals surface area contributed by atoms with Gasteiger partial charge in [-0.05, 0) is 19.1 Å². The van der Waals surface area contributed by atoms with Gasteiger partial charge in [0.15, 0.2) is 5.82 Å². The van der Waals surface area contributed by atoms with Gasteiger partial charge < -0.3 is 24.6 Å². The molecule has 24 heavy (non-hydrogen) atoms. The number of aromatic nitrogens is 1. The van der Waals surface area contributed by atoms with Crippen LogP contribution in [0.15, 0.2) is 28.8 Å². The minimum absolute atomic E-state index is 0.110. The van der Waals surface area contributed by atoms with Crippen LogP contribution in [0.2, 0.25) is 0 Å². The van der Waals surface area contributed by atoms with Gasteiger partial charge in [0.05, 0.1) is 14.2 Å². The quantitative estimate of drug-likeness (QED) is 0.800. The highest BCUT2D eigenvalue weighted by molar-refractivity contribution is 5.95. The first-order valence-corrected chi connectivity index (χ1v) is 7.26. The van der Waals surface area contributed by atoms with E-state index in [-0.39, 0.29) is 24.8 Å². The Bertz CT molecular complexity index is 704. The van der Waals surface area contributed by atoms with Gasteiger partial charge in [-0.15, -0.1) is 0 Å². The van der Waals surface area contributed by atoms with E-state index in [1.807, 2.05) is 0 Å². The smallest absolute Gasteiger partial charge is 0.251 e. The molecule has 0 aliphatic rings. The lowest BCUT2D eigenvalue weighted by Gasteiger charge is -2.09. The van der Waals surface area contributed by atoms with Gasteiger partial charge in [0.2, 0.25) is 5.91 Å². The number of carbonyl (C=O) groups excluding carboxylic acids is 2. The minimum atomic E-state index is -0.322. The van der Waals surface area contributed by atoms with E-state index in [2.05, 4.69) is 15.8 Å². The molecule has 2 aromatic rings. The van der Waals surface area contributed by atoms with Crippen molar-refractivity contribution in [2.75, 3.05) is 26.1 Å². The number of aryl methyl sites for hydroxylation is 1. The van der Waals surface area contributed by atoms with Gasteiger partial charge in [-0.2, -0.15) is 0 Å². The zero-order chi connectivity index (χ0) is 17.5. The van der Waals surface area contributed by atoms with Crippen LogP contribution < -0.4 is 20.1 Å². The van der Waals surface area contributed by atoms with Gasteiger partial charge >= 0.3 is 0 Å². The Kier molecular flexibility index (Phi) is 5.78. The molecule has 1 aromatic carbocycles. The lowest BCUT2D eigenvalue weighted by Crippen LogP contribution is -2.27. The second kappa shape index (κ2) is 8.00. The van der Waals surface area contributed by atoms with E-state index in [0.717, 1.165) is 0 Å². The van der Waals surface area contributed by atoms with E-state index >= 15 is 0 Å². The second-order valence-electron chi connectivity index (χ2n) is 4.98. The molecule has 8 heteroatoms. The van der Waals surface area contributed by atoms with Crippen LogP contribution in [0.1, 0.15) is 22.5 Å². The van der Waals surface area contributed by atoms with Crippen molar-refractivity contribution < 1.29 is 23.6 Å². The monoisotopic (exact) mass is 333 g/mol. The highest BCUT2D eigenvalue weighted by Gasteiger charge is 2.11. The maximum atomic E-state index is 12.1. The average Bonchev–Trinajstić information content (AvgIpc) is 2.98. The maximum absolute atomic E-state index is 12.1.